The fraction of sp³-hybridized carbons (Fsp3) is 0.364. The highest BCUT2D eigenvalue weighted by molar-refractivity contribution is 5.42. The van der Waals surface area contributed by atoms with Crippen LogP contribution >= 0.6 is 0 Å². The van der Waals surface area contributed by atoms with Crippen molar-refractivity contribution in [3.05, 3.63) is 36.0 Å². The van der Waals surface area contributed by atoms with Crippen LogP contribution in [0.2, 0.25) is 0 Å². The first-order valence-electron chi connectivity index (χ1n) is 4.39. The molecule has 2 heteroatoms. The van der Waals surface area contributed by atoms with E-state index in [1.54, 1.807) is 6.07 Å². The number of rotatable bonds is 0. The summed E-state index contributed by atoms with van der Waals surface area (Å²) in [5, 5.41) is 0. The second kappa shape index (κ2) is 2.72. The van der Waals surface area contributed by atoms with Gasteiger partial charge in [0.15, 0.2) is 11.6 Å². The Balaban J connectivity index is 2.44. The van der Waals surface area contributed by atoms with Gasteiger partial charge in [-0.2, -0.15) is 0 Å². The predicted molar refractivity (Wildman–Crippen MR) is 49.1 cm³/mol. The first kappa shape index (κ1) is 8.54. The third kappa shape index (κ3) is 1.53. The highest BCUT2D eigenvalue weighted by Gasteiger charge is 2.28. The number of halogens is 1. The van der Waals surface area contributed by atoms with E-state index in [1.807, 2.05) is 26.3 Å². The molecule has 69 valence electrons. The van der Waals surface area contributed by atoms with Gasteiger partial charge in [-0.15, -0.1) is 0 Å². The fourth-order valence-corrected chi connectivity index (χ4v) is 1.47. The van der Waals surface area contributed by atoms with Crippen molar-refractivity contribution in [2.45, 2.75) is 25.9 Å². The van der Waals surface area contributed by atoms with Gasteiger partial charge in [0.1, 0.15) is 5.60 Å². The Morgan fingerprint density at radius 2 is 2.15 bits per heavy atom. The summed E-state index contributed by atoms with van der Waals surface area (Å²) in [6.07, 6.45) is 2.84. The van der Waals surface area contributed by atoms with Gasteiger partial charge in [-0.05, 0) is 32.8 Å². The maximum Gasteiger partial charge on any atom is 0.165 e. The minimum absolute atomic E-state index is 0.276. The normalized spacial score (nSPS) is 19.0. The van der Waals surface area contributed by atoms with Crippen molar-refractivity contribution in [2.75, 3.05) is 0 Å². The average molecular weight is 179 g/mol. The lowest BCUT2D eigenvalue weighted by molar-refractivity contribution is 0.0928. The van der Waals surface area contributed by atoms with Crippen LogP contribution in [-0.2, 0) is 0 Å². The molecule has 0 amide bonds. The summed E-state index contributed by atoms with van der Waals surface area (Å²) in [4.78, 5) is 0. The van der Waals surface area contributed by atoms with Crippen molar-refractivity contribution in [1.29, 1.82) is 0 Å². The molecule has 0 unspecified atom stereocenters. The molecule has 1 aromatic carbocycles. The van der Waals surface area contributed by atoms with Gasteiger partial charge in [-0.3, -0.25) is 0 Å². The van der Waals surface area contributed by atoms with E-state index in [0.717, 1.165) is 12.0 Å². The van der Waals surface area contributed by atoms with Crippen LogP contribution < -0.4 is 4.74 Å². The number of para-hydroxylation sites is 1. The highest BCUT2D eigenvalue weighted by atomic mass is 19.1. The summed E-state index contributed by atoms with van der Waals surface area (Å²) in [7, 11) is 0. The molecule has 0 N–H and O–H groups in total. The van der Waals surface area contributed by atoms with E-state index in [2.05, 4.69) is 0 Å². The standard InChI is InChI=1S/C11H12FO/c1-11(2)7-6-8-4-3-5-9(12)10(8)13-11/h3-6H,7H2,1-2H3. The van der Waals surface area contributed by atoms with Crippen LogP contribution in [-0.4, -0.2) is 5.60 Å². The Hall–Kier alpha value is -1.05. The molecule has 0 fully saturated rings. The third-order valence-corrected chi connectivity index (χ3v) is 2.19. The summed E-state index contributed by atoms with van der Waals surface area (Å²) < 4.78 is 18.8. The van der Waals surface area contributed by atoms with Crippen LogP contribution in [0.1, 0.15) is 25.8 Å². The van der Waals surface area contributed by atoms with E-state index in [-0.39, 0.29) is 11.4 Å². The second-order valence-corrected chi connectivity index (χ2v) is 3.93. The molecule has 2 rings (SSSR count). The van der Waals surface area contributed by atoms with Gasteiger partial charge in [-0.25, -0.2) is 4.39 Å². The van der Waals surface area contributed by atoms with Gasteiger partial charge < -0.3 is 4.74 Å². The molecule has 1 aromatic rings. The molecule has 0 aromatic heterocycles. The molecule has 1 aliphatic heterocycles. The molecule has 1 radical (unpaired) electrons. The lowest BCUT2D eigenvalue weighted by Crippen LogP contribution is -2.32. The lowest BCUT2D eigenvalue weighted by atomic mass is 9.94. The van der Waals surface area contributed by atoms with E-state index in [1.165, 1.54) is 6.07 Å². The van der Waals surface area contributed by atoms with Crippen LogP contribution in [0.5, 0.6) is 5.75 Å². The van der Waals surface area contributed by atoms with Crippen LogP contribution in [0.3, 0.4) is 0 Å². The molecule has 0 atom stereocenters. The van der Waals surface area contributed by atoms with Gasteiger partial charge in [0.2, 0.25) is 0 Å². The first-order valence-corrected chi connectivity index (χ1v) is 4.39. The molecule has 1 aliphatic rings. The second-order valence-electron chi connectivity index (χ2n) is 3.93. The molecule has 0 spiro atoms. The van der Waals surface area contributed by atoms with Gasteiger partial charge in [-0.1, -0.05) is 12.1 Å². The van der Waals surface area contributed by atoms with Crippen molar-refractivity contribution in [1.82, 2.24) is 0 Å². The zero-order valence-corrected chi connectivity index (χ0v) is 7.80. The Bertz CT molecular complexity index is 331. The number of hydrogen-bond acceptors (Lipinski definition) is 1. The molecule has 0 saturated heterocycles. The molecular formula is C11H12FO. The molecule has 0 bridgehead atoms. The Labute approximate surface area is 77.5 Å². The van der Waals surface area contributed by atoms with Crippen LogP contribution in [0.4, 0.5) is 4.39 Å². The monoisotopic (exact) mass is 179 g/mol. The lowest BCUT2D eigenvalue weighted by Gasteiger charge is -2.32. The smallest absolute Gasteiger partial charge is 0.165 e. The quantitative estimate of drug-likeness (QED) is 0.595. The minimum atomic E-state index is -0.283. The van der Waals surface area contributed by atoms with E-state index in [0.29, 0.717) is 5.75 Å². The maximum absolute atomic E-state index is 13.3. The highest BCUT2D eigenvalue weighted by Crippen LogP contribution is 2.35. The number of ether oxygens (including phenoxy) is 1. The van der Waals surface area contributed by atoms with Crippen molar-refractivity contribution in [2.24, 2.45) is 0 Å². The summed E-state index contributed by atoms with van der Waals surface area (Å²) in [6.45, 7) is 3.91. The maximum atomic E-state index is 13.3. The van der Waals surface area contributed by atoms with Gasteiger partial charge in [0.25, 0.3) is 0 Å². The van der Waals surface area contributed by atoms with Gasteiger partial charge in [0.05, 0.1) is 0 Å². The molecule has 13 heavy (non-hydrogen) atoms. The Morgan fingerprint density at radius 3 is 2.92 bits per heavy atom. The molecular weight excluding hydrogens is 167 g/mol. The summed E-state index contributed by atoms with van der Waals surface area (Å²) in [5.74, 6) is 0.111. The largest absolute Gasteiger partial charge is 0.484 e. The fourth-order valence-electron chi connectivity index (χ4n) is 1.47. The summed E-state index contributed by atoms with van der Waals surface area (Å²) in [6, 6.07) is 4.99. The predicted octanol–water partition coefficient (Wildman–Crippen LogP) is 2.94. The topological polar surface area (TPSA) is 9.23 Å². The van der Waals surface area contributed by atoms with E-state index in [4.69, 9.17) is 4.74 Å². The van der Waals surface area contributed by atoms with Crippen molar-refractivity contribution in [3.8, 4) is 5.75 Å². The molecule has 1 heterocycles. The molecule has 0 aliphatic carbocycles. The van der Waals surface area contributed by atoms with E-state index < -0.39 is 0 Å². The van der Waals surface area contributed by atoms with Crippen molar-refractivity contribution < 1.29 is 9.13 Å². The molecule has 1 nitrogen and oxygen atoms in total. The van der Waals surface area contributed by atoms with Crippen LogP contribution in [0.25, 0.3) is 0 Å². The van der Waals surface area contributed by atoms with E-state index in [9.17, 15) is 4.39 Å². The molecule has 0 saturated carbocycles. The van der Waals surface area contributed by atoms with Crippen molar-refractivity contribution >= 4 is 0 Å². The van der Waals surface area contributed by atoms with E-state index >= 15 is 0 Å². The zero-order chi connectivity index (χ0) is 9.47. The average Bonchev–Trinajstić information content (AvgIpc) is 2.06. The van der Waals surface area contributed by atoms with Crippen molar-refractivity contribution in [3.63, 3.8) is 0 Å². The SMILES string of the molecule is CC1(C)C[CH]c2cccc(F)c2O1. The summed E-state index contributed by atoms with van der Waals surface area (Å²) >= 11 is 0. The van der Waals surface area contributed by atoms with Crippen LogP contribution in [0, 0.1) is 12.2 Å². The Morgan fingerprint density at radius 1 is 1.38 bits per heavy atom. The number of hydrogen-bond donors (Lipinski definition) is 0. The first-order chi connectivity index (χ1) is 6.08. The number of benzene rings is 1. The van der Waals surface area contributed by atoms with Crippen LogP contribution in [0.15, 0.2) is 18.2 Å². The summed E-state index contributed by atoms with van der Waals surface area (Å²) in [5.41, 5.74) is 0.578. The van der Waals surface area contributed by atoms with Gasteiger partial charge in [0, 0.05) is 5.56 Å². The van der Waals surface area contributed by atoms with Gasteiger partial charge >= 0.3 is 0 Å². The minimum Gasteiger partial charge on any atom is -0.484 e. The Kier molecular flexibility index (Phi) is 1.79. The zero-order valence-electron chi connectivity index (χ0n) is 7.80. The third-order valence-electron chi connectivity index (χ3n) is 2.19. The number of fused-ring (bicyclic) bond motifs is 1.